The Morgan fingerprint density at radius 2 is 2.21 bits per heavy atom. The molecule has 1 saturated carbocycles. The first kappa shape index (κ1) is 9.66. The van der Waals surface area contributed by atoms with Gasteiger partial charge in [0.05, 0.1) is 0 Å². The van der Waals surface area contributed by atoms with Gasteiger partial charge < -0.3 is 5.73 Å². The summed E-state index contributed by atoms with van der Waals surface area (Å²) < 4.78 is 0. The largest absolute Gasteiger partial charge is 0.330 e. The first-order chi connectivity index (χ1) is 6.92. The van der Waals surface area contributed by atoms with Gasteiger partial charge in [-0.25, -0.2) is 0 Å². The van der Waals surface area contributed by atoms with Crippen LogP contribution in [0.25, 0.3) is 0 Å². The van der Waals surface area contributed by atoms with Crippen LogP contribution in [0.3, 0.4) is 0 Å². The summed E-state index contributed by atoms with van der Waals surface area (Å²) in [5.74, 6) is 1.33. The molecule has 0 aliphatic heterocycles. The van der Waals surface area contributed by atoms with Crippen LogP contribution in [-0.4, -0.2) is 11.5 Å². The predicted octanol–water partition coefficient (Wildman–Crippen LogP) is 2.31. The molecule has 1 aliphatic carbocycles. The van der Waals surface area contributed by atoms with Crippen molar-refractivity contribution in [3.05, 3.63) is 30.1 Å². The van der Waals surface area contributed by atoms with Gasteiger partial charge in [0.15, 0.2) is 0 Å². The van der Waals surface area contributed by atoms with Gasteiger partial charge >= 0.3 is 0 Å². The van der Waals surface area contributed by atoms with Crippen LogP contribution in [-0.2, 0) is 0 Å². The number of nitrogens with zero attached hydrogens (tertiary/aromatic N) is 1. The molecule has 0 radical (unpaired) electrons. The predicted molar refractivity (Wildman–Crippen MR) is 58.0 cm³/mol. The average molecular weight is 190 g/mol. The third-order valence-corrected chi connectivity index (χ3v) is 3.34. The molecule has 76 valence electrons. The van der Waals surface area contributed by atoms with Gasteiger partial charge in [-0.3, -0.25) is 4.98 Å². The van der Waals surface area contributed by atoms with Crippen LogP contribution in [0.5, 0.6) is 0 Å². The zero-order chi connectivity index (χ0) is 9.80. The number of nitrogens with two attached hydrogens (primary N) is 1. The Balaban J connectivity index is 2.12. The Bertz CT molecular complexity index is 265. The Kier molecular flexibility index (Phi) is 3.14. The second-order valence-electron chi connectivity index (χ2n) is 4.17. The first-order valence-electron chi connectivity index (χ1n) is 5.52. The summed E-state index contributed by atoms with van der Waals surface area (Å²) in [4.78, 5) is 4.17. The molecule has 1 fully saturated rings. The minimum Gasteiger partial charge on any atom is -0.330 e. The van der Waals surface area contributed by atoms with Crippen molar-refractivity contribution >= 4 is 0 Å². The van der Waals surface area contributed by atoms with Crippen molar-refractivity contribution in [1.82, 2.24) is 4.98 Å². The molecular weight excluding hydrogens is 172 g/mol. The minimum atomic E-state index is 0.534. The smallest absolute Gasteiger partial charge is 0.0303 e. The molecule has 1 aromatic heterocycles. The molecule has 0 bridgehead atoms. The Morgan fingerprint density at radius 3 is 2.79 bits per heavy atom. The number of rotatable bonds is 3. The van der Waals surface area contributed by atoms with Gasteiger partial charge in [-0.15, -0.1) is 0 Å². The molecule has 1 aliphatic rings. The lowest BCUT2D eigenvalue weighted by Gasteiger charge is -2.21. The van der Waals surface area contributed by atoms with E-state index in [0.29, 0.717) is 5.92 Å². The highest BCUT2D eigenvalue weighted by Crippen LogP contribution is 2.36. The summed E-state index contributed by atoms with van der Waals surface area (Å²) in [6.07, 6.45) is 9.23. The zero-order valence-electron chi connectivity index (χ0n) is 8.52. The quantitative estimate of drug-likeness (QED) is 0.794. The summed E-state index contributed by atoms with van der Waals surface area (Å²) in [5.41, 5.74) is 7.18. The van der Waals surface area contributed by atoms with Crippen LogP contribution in [0.2, 0.25) is 0 Å². The summed E-state index contributed by atoms with van der Waals surface area (Å²) >= 11 is 0. The Labute approximate surface area is 85.5 Å². The normalized spacial score (nSPS) is 19.8. The fourth-order valence-electron chi connectivity index (χ4n) is 2.56. The van der Waals surface area contributed by atoms with E-state index in [2.05, 4.69) is 11.1 Å². The standard InChI is InChI=1S/C12H18N2/c13-8-12(10-4-1-2-5-10)11-6-3-7-14-9-11/h3,6-7,9-10,12H,1-2,4-5,8,13H2. The van der Waals surface area contributed by atoms with Crippen LogP contribution in [0, 0.1) is 5.92 Å². The Morgan fingerprint density at radius 1 is 1.43 bits per heavy atom. The van der Waals surface area contributed by atoms with Crippen LogP contribution >= 0.6 is 0 Å². The molecule has 1 atom stereocenters. The van der Waals surface area contributed by atoms with E-state index < -0.39 is 0 Å². The van der Waals surface area contributed by atoms with E-state index in [9.17, 15) is 0 Å². The highest BCUT2D eigenvalue weighted by atomic mass is 14.6. The summed E-state index contributed by atoms with van der Waals surface area (Å²) in [6.45, 7) is 0.760. The van der Waals surface area contributed by atoms with E-state index in [1.165, 1.54) is 31.2 Å². The van der Waals surface area contributed by atoms with Gasteiger partial charge in [0.25, 0.3) is 0 Å². The fourth-order valence-corrected chi connectivity index (χ4v) is 2.56. The molecule has 0 amide bonds. The van der Waals surface area contributed by atoms with E-state index in [1.54, 1.807) is 0 Å². The fraction of sp³-hybridized carbons (Fsp3) is 0.583. The molecule has 14 heavy (non-hydrogen) atoms. The SMILES string of the molecule is NCC(c1cccnc1)C1CCCC1. The molecule has 0 saturated heterocycles. The maximum atomic E-state index is 5.86. The van der Waals surface area contributed by atoms with Crippen molar-refractivity contribution in [3.63, 3.8) is 0 Å². The molecule has 2 N–H and O–H groups in total. The molecule has 0 spiro atoms. The zero-order valence-corrected chi connectivity index (χ0v) is 8.52. The van der Waals surface area contributed by atoms with Gasteiger partial charge in [0.2, 0.25) is 0 Å². The lowest BCUT2D eigenvalue weighted by Crippen LogP contribution is -2.19. The van der Waals surface area contributed by atoms with Crippen molar-refractivity contribution in [2.45, 2.75) is 31.6 Å². The summed E-state index contributed by atoms with van der Waals surface area (Å²) in [6, 6.07) is 4.16. The highest BCUT2D eigenvalue weighted by Gasteiger charge is 2.24. The number of aromatic nitrogens is 1. The van der Waals surface area contributed by atoms with Crippen molar-refractivity contribution in [2.24, 2.45) is 11.7 Å². The van der Waals surface area contributed by atoms with Crippen molar-refractivity contribution in [3.8, 4) is 0 Å². The molecule has 2 nitrogen and oxygen atoms in total. The second-order valence-corrected chi connectivity index (χ2v) is 4.17. The van der Waals surface area contributed by atoms with Crippen LogP contribution in [0.4, 0.5) is 0 Å². The van der Waals surface area contributed by atoms with Gasteiger partial charge in [0.1, 0.15) is 0 Å². The maximum Gasteiger partial charge on any atom is 0.0303 e. The third kappa shape index (κ3) is 1.95. The van der Waals surface area contributed by atoms with E-state index >= 15 is 0 Å². The summed E-state index contributed by atoms with van der Waals surface area (Å²) in [5, 5.41) is 0. The van der Waals surface area contributed by atoms with E-state index in [4.69, 9.17) is 5.73 Å². The third-order valence-electron chi connectivity index (χ3n) is 3.34. The van der Waals surface area contributed by atoms with Crippen molar-refractivity contribution in [2.75, 3.05) is 6.54 Å². The molecule has 1 unspecified atom stereocenters. The maximum absolute atomic E-state index is 5.86. The Hall–Kier alpha value is -0.890. The highest BCUT2D eigenvalue weighted by molar-refractivity contribution is 5.16. The lowest BCUT2D eigenvalue weighted by molar-refractivity contribution is 0.439. The lowest BCUT2D eigenvalue weighted by atomic mass is 9.86. The molecule has 2 rings (SSSR count). The number of pyridine rings is 1. The van der Waals surface area contributed by atoms with Crippen molar-refractivity contribution < 1.29 is 0 Å². The van der Waals surface area contributed by atoms with Gasteiger partial charge in [0, 0.05) is 18.3 Å². The van der Waals surface area contributed by atoms with E-state index in [-0.39, 0.29) is 0 Å². The van der Waals surface area contributed by atoms with Gasteiger partial charge in [-0.2, -0.15) is 0 Å². The average Bonchev–Trinajstić information content (AvgIpc) is 2.74. The van der Waals surface area contributed by atoms with Gasteiger partial charge in [-0.05, 0) is 36.9 Å². The second kappa shape index (κ2) is 4.56. The molecule has 1 heterocycles. The monoisotopic (exact) mass is 190 g/mol. The molecule has 1 aromatic rings. The molecule has 2 heteroatoms. The minimum absolute atomic E-state index is 0.534. The van der Waals surface area contributed by atoms with Gasteiger partial charge in [-0.1, -0.05) is 18.9 Å². The van der Waals surface area contributed by atoms with Crippen LogP contribution in [0.15, 0.2) is 24.5 Å². The van der Waals surface area contributed by atoms with E-state index in [0.717, 1.165) is 12.5 Å². The molecular formula is C12H18N2. The first-order valence-corrected chi connectivity index (χ1v) is 5.52. The number of hydrogen-bond acceptors (Lipinski definition) is 2. The van der Waals surface area contributed by atoms with E-state index in [1.807, 2.05) is 18.5 Å². The van der Waals surface area contributed by atoms with Crippen molar-refractivity contribution in [1.29, 1.82) is 0 Å². The number of hydrogen-bond donors (Lipinski definition) is 1. The summed E-state index contributed by atoms with van der Waals surface area (Å²) in [7, 11) is 0. The van der Waals surface area contributed by atoms with Crippen LogP contribution < -0.4 is 5.73 Å². The van der Waals surface area contributed by atoms with Crippen LogP contribution in [0.1, 0.15) is 37.2 Å². The molecule has 0 aromatic carbocycles. The topological polar surface area (TPSA) is 38.9 Å².